The van der Waals surface area contributed by atoms with Gasteiger partial charge in [-0.1, -0.05) is 0 Å². The van der Waals surface area contributed by atoms with Crippen LogP contribution in [0, 0.1) is 5.92 Å². The molecule has 0 amide bonds. The molecule has 4 rings (SSSR count). The Balaban J connectivity index is 1.95. The van der Waals surface area contributed by atoms with Gasteiger partial charge in [0, 0.05) is 6.54 Å². The summed E-state index contributed by atoms with van der Waals surface area (Å²) in [6, 6.07) is 2.53. The maximum absolute atomic E-state index is 13.5. The number of ketones is 1. The van der Waals surface area contributed by atoms with Crippen LogP contribution in [0.25, 0.3) is 0 Å². The van der Waals surface area contributed by atoms with Gasteiger partial charge in [-0.15, -0.1) is 0 Å². The standard InChI is InChI=1S/C19H21NO9/c1-17(25)14-13(23)11-9(5-4-8(12(11)22)15(24)27-3)29-19(14)18(2,26)16(17)28-10(21)6-7-20-19/h4-5,14,16,20,22,25-26H,6-7H2,1-3H3/t14?,16-,17-,18-,19-/m1/s1. The number of hydrogen-bond donors (Lipinski definition) is 4. The number of phenols is 1. The molecule has 2 fully saturated rings. The molecule has 10 heteroatoms. The zero-order valence-electron chi connectivity index (χ0n) is 16.0. The fourth-order valence-electron chi connectivity index (χ4n) is 4.81. The van der Waals surface area contributed by atoms with E-state index in [4.69, 9.17) is 9.47 Å². The fraction of sp³-hybridized carbons (Fsp3) is 0.526. The molecule has 5 atom stereocenters. The van der Waals surface area contributed by atoms with Crippen molar-refractivity contribution in [2.45, 2.75) is 43.3 Å². The molecule has 1 aliphatic carbocycles. The molecule has 3 aliphatic rings. The SMILES string of the molecule is COC(=O)c1ccc2c(c1O)C(=O)C1[C@@](C)(O)[C@H]3OC(=O)CCN[C@]1(O2)[C@]3(C)O. The molecule has 1 unspecified atom stereocenters. The van der Waals surface area contributed by atoms with Gasteiger partial charge >= 0.3 is 11.9 Å². The Labute approximate surface area is 165 Å². The van der Waals surface area contributed by atoms with Crippen molar-refractivity contribution in [3.63, 3.8) is 0 Å². The molecule has 4 N–H and O–H groups in total. The van der Waals surface area contributed by atoms with Gasteiger partial charge in [0.05, 0.1) is 13.5 Å². The van der Waals surface area contributed by atoms with E-state index >= 15 is 0 Å². The minimum absolute atomic E-state index is 0.0170. The lowest BCUT2D eigenvalue weighted by molar-refractivity contribution is -0.203. The van der Waals surface area contributed by atoms with Gasteiger partial charge < -0.3 is 29.5 Å². The van der Waals surface area contributed by atoms with E-state index in [9.17, 15) is 29.7 Å². The number of methoxy groups -OCH3 is 1. The molecule has 10 nitrogen and oxygen atoms in total. The molecule has 1 saturated heterocycles. The maximum Gasteiger partial charge on any atom is 0.341 e. The molecule has 1 aromatic carbocycles. The van der Waals surface area contributed by atoms with E-state index in [1.54, 1.807) is 0 Å². The summed E-state index contributed by atoms with van der Waals surface area (Å²) in [4.78, 5) is 37.4. The first-order chi connectivity index (χ1) is 13.5. The molecule has 1 aromatic rings. The Morgan fingerprint density at radius 2 is 1.97 bits per heavy atom. The number of nitrogens with one attached hydrogen (secondary N) is 1. The number of rotatable bonds is 1. The van der Waals surface area contributed by atoms with Gasteiger partial charge in [-0.05, 0) is 26.0 Å². The Kier molecular flexibility index (Phi) is 4.00. The van der Waals surface area contributed by atoms with Crippen molar-refractivity contribution in [2.24, 2.45) is 5.92 Å². The smallest absolute Gasteiger partial charge is 0.341 e. The molecular weight excluding hydrogens is 386 g/mol. The monoisotopic (exact) mass is 407 g/mol. The molecule has 2 aliphatic heterocycles. The Morgan fingerprint density at radius 1 is 1.28 bits per heavy atom. The van der Waals surface area contributed by atoms with E-state index in [2.05, 4.69) is 10.1 Å². The minimum atomic E-state index is -2.04. The predicted molar refractivity (Wildman–Crippen MR) is 94.4 cm³/mol. The topological polar surface area (TPSA) is 152 Å². The van der Waals surface area contributed by atoms with Crippen LogP contribution in [0.4, 0.5) is 0 Å². The summed E-state index contributed by atoms with van der Waals surface area (Å²) in [7, 11) is 1.13. The molecule has 1 saturated carbocycles. The minimum Gasteiger partial charge on any atom is -0.506 e. The van der Waals surface area contributed by atoms with E-state index < -0.39 is 52.4 Å². The maximum atomic E-state index is 13.5. The molecular formula is C19H21NO9. The molecule has 29 heavy (non-hydrogen) atoms. The lowest BCUT2D eigenvalue weighted by atomic mass is 9.77. The van der Waals surface area contributed by atoms with Gasteiger partial charge in [-0.3, -0.25) is 14.9 Å². The van der Waals surface area contributed by atoms with Crippen molar-refractivity contribution in [3.05, 3.63) is 23.3 Å². The fourth-order valence-corrected chi connectivity index (χ4v) is 4.81. The van der Waals surface area contributed by atoms with Crippen molar-refractivity contribution in [1.29, 1.82) is 0 Å². The van der Waals surface area contributed by atoms with Crippen LogP contribution in [-0.4, -0.2) is 69.7 Å². The van der Waals surface area contributed by atoms with Gasteiger partial charge in [0.15, 0.2) is 17.5 Å². The van der Waals surface area contributed by atoms with Crippen molar-refractivity contribution in [3.8, 4) is 11.5 Å². The van der Waals surface area contributed by atoms with Crippen molar-refractivity contribution >= 4 is 17.7 Å². The number of esters is 2. The summed E-state index contributed by atoms with van der Waals surface area (Å²) in [6.45, 7) is 2.58. The first-order valence-corrected chi connectivity index (χ1v) is 9.05. The first kappa shape index (κ1) is 19.6. The summed E-state index contributed by atoms with van der Waals surface area (Å²) in [5, 5.41) is 36.0. The summed E-state index contributed by atoms with van der Waals surface area (Å²) < 4.78 is 15.9. The second-order valence-corrected chi connectivity index (χ2v) is 7.88. The van der Waals surface area contributed by atoms with Gasteiger partial charge in [0.1, 0.15) is 34.1 Å². The van der Waals surface area contributed by atoms with Crippen molar-refractivity contribution in [2.75, 3.05) is 13.7 Å². The average molecular weight is 407 g/mol. The number of fused-ring (bicyclic) bond motifs is 2. The quantitative estimate of drug-likeness (QED) is 0.448. The summed E-state index contributed by atoms with van der Waals surface area (Å²) in [6.07, 6.45) is -1.55. The zero-order chi connectivity index (χ0) is 21.4. The van der Waals surface area contributed by atoms with Crippen LogP contribution in [0.2, 0.25) is 0 Å². The lowest BCUT2D eigenvalue weighted by Crippen LogP contribution is -2.71. The zero-order valence-corrected chi connectivity index (χ0v) is 16.0. The third-order valence-corrected chi connectivity index (χ3v) is 6.07. The largest absolute Gasteiger partial charge is 0.506 e. The number of phenolic OH excluding ortho intramolecular Hbond substituents is 1. The van der Waals surface area contributed by atoms with Crippen LogP contribution in [0.15, 0.2) is 12.1 Å². The molecule has 2 bridgehead atoms. The summed E-state index contributed by atoms with van der Waals surface area (Å²) >= 11 is 0. The highest BCUT2D eigenvalue weighted by Gasteiger charge is 2.79. The lowest BCUT2D eigenvalue weighted by Gasteiger charge is -2.47. The highest BCUT2D eigenvalue weighted by Crippen LogP contribution is 2.57. The van der Waals surface area contributed by atoms with Crippen LogP contribution in [0.1, 0.15) is 41.0 Å². The summed E-state index contributed by atoms with van der Waals surface area (Å²) in [5.41, 5.74) is -6.44. The van der Waals surface area contributed by atoms with Crippen LogP contribution < -0.4 is 10.1 Å². The number of aliphatic hydroxyl groups is 2. The number of carbonyl (C=O) groups excluding carboxylic acids is 3. The van der Waals surface area contributed by atoms with E-state index in [1.165, 1.54) is 26.0 Å². The first-order valence-electron chi connectivity index (χ1n) is 9.05. The highest BCUT2D eigenvalue weighted by atomic mass is 16.6. The number of aromatic hydroxyl groups is 1. The van der Waals surface area contributed by atoms with Gasteiger partial charge in [-0.25, -0.2) is 4.79 Å². The van der Waals surface area contributed by atoms with Gasteiger partial charge in [-0.2, -0.15) is 0 Å². The van der Waals surface area contributed by atoms with Crippen LogP contribution >= 0.6 is 0 Å². The second kappa shape index (κ2) is 5.91. The van der Waals surface area contributed by atoms with Crippen LogP contribution in [-0.2, 0) is 14.3 Å². The number of ether oxygens (including phenoxy) is 3. The average Bonchev–Trinajstić information content (AvgIpc) is 2.78. The number of hydrogen-bond acceptors (Lipinski definition) is 10. The molecule has 2 heterocycles. The van der Waals surface area contributed by atoms with Gasteiger partial charge in [0.25, 0.3) is 0 Å². The third-order valence-electron chi connectivity index (χ3n) is 6.07. The number of carbonyl (C=O) groups is 3. The summed E-state index contributed by atoms with van der Waals surface area (Å²) in [5.74, 6) is -4.48. The normalized spacial score (nSPS) is 38.1. The number of benzene rings is 1. The predicted octanol–water partition coefficient (Wildman–Crippen LogP) is -0.513. The van der Waals surface area contributed by atoms with E-state index in [-0.39, 0.29) is 29.8 Å². The Hall–Kier alpha value is -2.69. The molecule has 156 valence electrons. The van der Waals surface area contributed by atoms with Gasteiger partial charge in [0.2, 0.25) is 5.72 Å². The van der Waals surface area contributed by atoms with Crippen LogP contribution in [0.5, 0.6) is 11.5 Å². The molecule has 0 radical (unpaired) electrons. The van der Waals surface area contributed by atoms with E-state index in [0.29, 0.717) is 0 Å². The van der Waals surface area contributed by atoms with E-state index in [0.717, 1.165) is 7.11 Å². The molecule has 1 spiro atoms. The van der Waals surface area contributed by atoms with Crippen molar-refractivity contribution < 1.29 is 43.9 Å². The second-order valence-electron chi connectivity index (χ2n) is 7.88. The van der Waals surface area contributed by atoms with E-state index in [1.807, 2.05) is 0 Å². The Bertz CT molecular complexity index is 938. The Morgan fingerprint density at radius 3 is 2.62 bits per heavy atom. The van der Waals surface area contributed by atoms with Crippen molar-refractivity contribution in [1.82, 2.24) is 5.32 Å². The third kappa shape index (κ3) is 2.30. The van der Waals surface area contributed by atoms with Crippen LogP contribution in [0.3, 0.4) is 0 Å². The number of Topliss-reactive ketones (excluding diaryl/α,β-unsaturated/α-hetero) is 1. The highest BCUT2D eigenvalue weighted by molar-refractivity contribution is 6.08. The molecule has 0 aromatic heterocycles.